The van der Waals surface area contributed by atoms with Crippen LogP contribution in [0.5, 0.6) is 0 Å². The lowest BCUT2D eigenvalue weighted by Gasteiger charge is -2.03. The second kappa shape index (κ2) is 4.14. The van der Waals surface area contributed by atoms with E-state index in [4.69, 9.17) is 5.73 Å². The molecule has 3 nitrogen and oxygen atoms in total. The third-order valence-corrected chi connectivity index (χ3v) is 2.61. The van der Waals surface area contributed by atoms with E-state index in [0.29, 0.717) is 11.3 Å². The van der Waals surface area contributed by atoms with Crippen molar-refractivity contribution in [3.63, 3.8) is 0 Å². The molecule has 0 saturated carbocycles. The minimum atomic E-state index is -0.138. The quantitative estimate of drug-likeness (QED) is 0.761. The molecular weight excluding hydrogens is 208 g/mol. The zero-order valence-electron chi connectivity index (χ0n) is 7.94. The van der Waals surface area contributed by atoms with Gasteiger partial charge in [-0.2, -0.15) is 11.3 Å². The Labute approximate surface area is 91.5 Å². The minimum absolute atomic E-state index is 0.138. The van der Waals surface area contributed by atoms with Gasteiger partial charge in [0.15, 0.2) is 0 Å². The van der Waals surface area contributed by atoms with Crippen LogP contribution in [0.15, 0.2) is 41.1 Å². The largest absolute Gasteiger partial charge is 0.399 e. The van der Waals surface area contributed by atoms with Gasteiger partial charge in [-0.05, 0) is 29.6 Å². The van der Waals surface area contributed by atoms with Gasteiger partial charge >= 0.3 is 0 Å². The molecule has 3 N–H and O–H groups in total. The summed E-state index contributed by atoms with van der Waals surface area (Å²) in [7, 11) is 0. The fourth-order valence-corrected chi connectivity index (χ4v) is 1.81. The molecule has 76 valence electrons. The van der Waals surface area contributed by atoms with Gasteiger partial charge in [-0.15, -0.1) is 0 Å². The number of hydrogen-bond donors (Lipinski definition) is 2. The number of carbonyl (C=O) groups excluding carboxylic acids is 1. The molecule has 0 saturated heterocycles. The summed E-state index contributed by atoms with van der Waals surface area (Å²) in [4.78, 5) is 11.7. The molecular formula is C11H10N2OS. The number of hydrogen-bond acceptors (Lipinski definition) is 3. The molecule has 1 aromatic heterocycles. The van der Waals surface area contributed by atoms with Crippen molar-refractivity contribution in [3.05, 3.63) is 46.7 Å². The first-order valence-corrected chi connectivity index (χ1v) is 5.39. The van der Waals surface area contributed by atoms with Gasteiger partial charge in [-0.1, -0.05) is 6.07 Å². The summed E-state index contributed by atoms with van der Waals surface area (Å²) in [6, 6.07) is 8.76. The molecule has 2 aromatic rings. The number of benzene rings is 1. The molecule has 0 aliphatic carbocycles. The van der Waals surface area contributed by atoms with Crippen molar-refractivity contribution in [1.29, 1.82) is 0 Å². The Kier molecular flexibility index (Phi) is 2.69. The van der Waals surface area contributed by atoms with E-state index >= 15 is 0 Å². The summed E-state index contributed by atoms with van der Waals surface area (Å²) in [5.41, 5.74) is 7.57. The maximum Gasteiger partial charge on any atom is 0.255 e. The standard InChI is InChI=1S/C11H10N2OS/c12-9-3-1-2-8(6-9)11(14)13-10-4-5-15-7-10/h1-7H,12H2,(H,13,14). The smallest absolute Gasteiger partial charge is 0.255 e. The number of rotatable bonds is 2. The highest BCUT2D eigenvalue weighted by atomic mass is 32.1. The maximum atomic E-state index is 11.7. The molecule has 1 aromatic carbocycles. The molecule has 0 radical (unpaired) electrons. The van der Waals surface area contributed by atoms with Gasteiger partial charge in [0.1, 0.15) is 0 Å². The first-order chi connectivity index (χ1) is 7.25. The van der Waals surface area contributed by atoms with E-state index in [0.717, 1.165) is 5.69 Å². The van der Waals surface area contributed by atoms with Crippen molar-refractivity contribution in [1.82, 2.24) is 0 Å². The number of nitrogens with one attached hydrogen (secondary N) is 1. The Morgan fingerprint density at radius 2 is 2.20 bits per heavy atom. The lowest BCUT2D eigenvalue weighted by Crippen LogP contribution is -2.11. The van der Waals surface area contributed by atoms with Crippen molar-refractivity contribution in [3.8, 4) is 0 Å². The van der Waals surface area contributed by atoms with Crippen molar-refractivity contribution >= 4 is 28.6 Å². The topological polar surface area (TPSA) is 55.1 Å². The van der Waals surface area contributed by atoms with Crippen LogP contribution in [0.3, 0.4) is 0 Å². The predicted octanol–water partition coefficient (Wildman–Crippen LogP) is 2.58. The third-order valence-electron chi connectivity index (χ3n) is 1.93. The second-order valence-corrected chi connectivity index (χ2v) is 3.87. The Morgan fingerprint density at radius 3 is 2.87 bits per heavy atom. The van der Waals surface area contributed by atoms with Crippen molar-refractivity contribution in [2.75, 3.05) is 11.1 Å². The summed E-state index contributed by atoms with van der Waals surface area (Å²) in [6.45, 7) is 0. The van der Waals surface area contributed by atoms with Crippen LogP contribution in [0.2, 0.25) is 0 Å². The molecule has 0 aliphatic rings. The van der Waals surface area contributed by atoms with Gasteiger partial charge in [-0.25, -0.2) is 0 Å². The number of carbonyl (C=O) groups is 1. The van der Waals surface area contributed by atoms with Gasteiger partial charge in [0.05, 0.1) is 5.69 Å². The van der Waals surface area contributed by atoms with E-state index in [9.17, 15) is 4.79 Å². The van der Waals surface area contributed by atoms with Crippen LogP contribution in [0, 0.1) is 0 Å². The summed E-state index contributed by atoms with van der Waals surface area (Å²) < 4.78 is 0. The zero-order chi connectivity index (χ0) is 10.7. The molecule has 0 fully saturated rings. The molecule has 1 heterocycles. The molecule has 0 spiro atoms. The number of amides is 1. The van der Waals surface area contributed by atoms with E-state index in [1.54, 1.807) is 35.6 Å². The fraction of sp³-hybridized carbons (Fsp3) is 0. The molecule has 0 aliphatic heterocycles. The minimum Gasteiger partial charge on any atom is -0.399 e. The van der Waals surface area contributed by atoms with Crippen LogP contribution in [0.25, 0.3) is 0 Å². The Hall–Kier alpha value is -1.81. The highest BCUT2D eigenvalue weighted by molar-refractivity contribution is 7.08. The van der Waals surface area contributed by atoms with E-state index in [-0.39, 0.29) is 5.91 Å². The molecule has 0 bridgehead atoms. The van der Waals surface area contributed by atoms with Crippen LogP contribution in [-0.2, 0) is 0 Å². The molecule has 0 unspecified atom stereocenters. The number of nitrogens with two attached hydrogens (primary N) is 1. The van der Waals surface area contributed by atoms with Crippen LogP contribution in [0.1, 0.15) is 10.4 Å². The van der Waals surface area contributed by atoms with Gasteiger partial charge in [-0.3, -0.25) is 4.79 Å². The van der Waals surface area contributed by atoms with Gasteiger partial charge < -0.3 is 11.1 Å². The Bertz CT molecular complexity index is 465. The molecule has 4 heteroatoms. The van der Waals surface area contributed by atoms with Crippen molar-refractivity contribution < 1.29 is 4.79 Å². The first-order valence-electron chi connectivity index (χ1n) is 4.45. The highest BCUT2D eigenvalue weighted by Gasteiger charge is 2.05. The molecule has 15 heavy (non-hydrogen) atoms. The zero-order valence-corrected chi connectivity index (χ0v) is 8.75. The fourth-order valence-electron chi connectivity index (χ4n) is 1.22. The van der Waals surface area contributed by atoms with Crippen molar-refractivity contribution in [2.24, 2.45) is 0 Å². The normalized spacial score (nSPS) is 9.87. The summed E-state index contributed by atoms with van der Waals surface area (Å²) in [5.74, 6) is -0.138. The molecule has 1 amide bonds. The Balaban J connectivity index is 2.15. The van der Waals surface area contributed by atoms with Gasteiger partial charge in [0, 0.05) is 16.6 Å². The average molecular weight is 218 g/mol. The maximum absolute atomic E-state index is 11.7. The molecule has 2 rings (SSSR count). The number of nitrogen functional groups attached to an aromatic ring is 1. The van der Waals surface area contributed by atoms with E-state index in [2.05, 4.69) is 5.32 Å². The third kappa shape index (κ3) is 2.35. The summed E-state index contributed by atoms with van der Waals surface area (Å²) in [6.07, 6.45) is 0. The van der Waals surface area contributed by atoms with Crippen LogP contribution in [-0.4, -0.2) is 5.91 Å². The van der Waals surface area contributed by atoms with Gasteiger partial charge in [0.2, 0.25) is 0 Å². The lowest BCUT2D eigenvalue weighted by molar-refractivity contribution is 0.102. The highest BCUT2D eigenvalue weighted by Crippen LogP contribution is 2.14. The lowest BCUT2D eigenvalue weighted by atomic mass is 10.2. The van der Waals surface area contributed by atoms with Crippen LogP contribution >= 0.6 is 11.3 Å². The van der Waals surface area contributed by atoms with E-state index < -0.39 is 0 Å². The Morgan fingerprint density at radius 1 is 1.33 bits per heavy atom. The monoisotopic (exact) mass is 218 g/mol. The summed E-state index contributed by atoms with van der Waals surface area (Å²) in [5, 5.41) is 6.57. The second-order valence-electron chi connectivity index (χ2n) is 3.09. The van der Waals surface area contributed by atoms with Crippen LogP contribution < -0.4 is 11.1 Å². The van der Waals surface area contributed by atoms with Crippen molar-refractivity contribution in [2.45, 2.75) is 0 Å². The van der Waals surface area contributed by atoms with Crippen LogP contribution in [0.4, 0.5) is 11.4 Å². The van der Waals surface area contributed by atoms with E-state index in [1.165, 1.54) is 0 Å². The number of thiophene rings is 1. The van der Waals surface area contributed by atoms with E-state index in [1.807, 2.05) is 16.8 Å². The first kappa shape index (κ1) is 9.73. The number of anilines is 2. The summed E-state index contributed by atoms with van der Waals surface area (Å²) >= 11 is 1.54. The molecule has 0 atom stereocenters. The average Bonchev–Trinajstić information content (AvgIpc) is 2.70. The SMILES string of the molecule is Nc1cccc(C(=O)Nc2ccsc2)c1. The predicted molar refractivity (Wildman–Crippen MR) is 63.1 cm³/mol. The van der Waals surface area contributed by atoms with Gasteiger partial charge in [0.25, 0.3) is 5.91 Å².